The summed E-state index contributed by atoms with van der Waals surface area (Å²) in [5, 5.41) is 19.3. The lowest BCUT2D eigenvalue weighted by atomic mass is 10.2. The number of hydrogen-bond donors (Lipinski definition) is 0. The molecular formula is C11H10BrClN4O2. The van der Waals surface area contributed by atoms with Crippen molar-refractivity contribution in [3.05, 3.63) is 45.2 Å². The Labute approximate surface area is 122 Å². The molecule has 1 heterocycles. The topological polar surface area (TPSA) is 73.8 Å². The van der Waals surface area contributed by atoms with Crippen molar-refractivity contribution >= 4 is 33.2 Å². The molecule has 0 bridgehead atoms. The van der Waals surface area contributed by atoms with Crippen molar-refractivity contribution in [2.75, 3.05) is 0 Å². The summed E-state index contributed by atoms with van der Waals surface area (Å²) in [4.78, 5) is 10.6. The fourth-order valence-electron chi connectivity index (χ4n) is 1.58. The highest BCUT2D eigenvalue weighted by atomic mass is 79.9. The van der Waals surface area contributed by atoms with Gasteiger partial charge in [-0.25, -0.2) is 4.68 Å². The third-order valence-electron chi connectivity index (χ3n) is 2.57. The maximum absolute atomic E-state index is 11.0. The van der Waals surface area contributed by atoms with Crippen molar-refractivity contribution in [2.24, 2.45) is 0 Å². The predicted molar refractivity (Wildman–Crippen MR) is 75.0 cm³/mol. The van der Waals surface area contributed by atoms with Gasteiger partial charge in [-0.05, 0) is 18.6 Å². The molecule has 0 aliphatic carbocycles. The molecule has 0 spiro atoms. The number of rotatable bonds is 4. The van der Waals surface area contributed by atoms with Gasteiger partial charge in [0.15, 0.2) is 0 Å². The van der Waals surface area contributed by atoms with Gasteiger partial charge in [0.2, 0.25) is 0 Å². The number of aromatic nitrogens is 3. The highest BCUT2D eigenvalue weighted by Gasteiger charge is 2.18. The molecule has 0 fully saturated rings. The first-order chi connectivity index (χ1) is 9.02. The zero-order chi connectivity index (χ0) is 14.0. The molecule has 0 aliphatic heterocycles. The van der Waals surface area contributed by atoms with Crippen LogP contribution in [0, 0.1) is 10.1 Å². The third-order valence-corrected chi connectivity index (χ3v) is 3.92. The van der Waals surface area contributed by atoms with Crippen LogP contribution < -0.4 is 0 Å². The Morgan fingerprint density at radius 2 is 2.32 bits per heavy atom. The zero-order valence-corrected chi connectivity index (χ0v) is 12.3. The van der Waals surface area contributed by atoms with Gasteiger partial charge in [0.25, 0.3) is 5.69 Å². The molecule has 1 aromatic carbocycles. The molecule has 1 atom stereocenters. The normalized spacial score (nSPS) is 12.4. The summed E-state index contributed by atoms with van der Waals surface area (Å²) in [6.07, 6.45) is 2.50. The Bertz CT molecular complexity index is 616. The van der Waals surface area contributed by atoms with E-state index in [1.807, 2.05) is 6.92 Å². The van der Waals surface area contributed by atoms with E-state index in [9.17, 15) is 10.1 Å². The number of alkyl halides is 1. The molecule has 0 amide bonds. The summed E-state index contributed by atoms with van der Waals surface area (Å²) in [6.45, 7) is 2.00. The van der Waals surface area contributed by atoms with E-state index >= 15 is 0 Å². The Morgan fingerprint density at radius 3 is 2.95 bits per heavy atom. The number of nitro benzene ring substituents is 1. The summed E-state index contributed by atoms with van der Waals surface area (Å²) in [7, 11) is 0. The molecule has 1 unspecified atom stereocenters. The van der Waals surface area contributed by atoms with E-state index in [1.54, 1.807) is 6.20 Å². The zero-order valence-electron chi connectivity index (χ0n) is 9.96. The highest BCUT2D eigenvalue weighted by molar-refractivity contribution is 9.09. The van der Waals surface area contributed by atoms with Crippen LogP contribution in [0.1, 0.15) is 23.9 Å². The molecule has 0 radical (unpaired) electrons. The van der Waals surface area contributed by atoms with Crippen LogP contribution in [0.25, 0.3) is 5.69 Å². The monoisotopic (exact) mass is 344 g/mol. The smallest absolute Gasteiger partial charge is 0.258 e. The van der Waals surface area contributed by atoms with Gasteiger partial charge in [-0.2, -0.15) is 0 Å². The lowest BCUT2D eigenvalue weighted by Crippen LogP contribution is -2.00. The molecule has 0 N–H and O–H groups in total. The van der Waals surface area contributed by atoms with E-state index in [-0.39, 0.29) is 10.5 Å². The first-order valence-electron chi connectivity index (χ1n) is 5.53. The second-order valence-electron chi connectivity index (χ2n) is 3.85. The van der Waals surface area contributed by atoms with Crippen LogP contribution in [0.3, 0.4) is 0 Å². The second-order valence-corrected chi connectivity index (χ2v) is 5.40. The first kappa shape index (κ1) is 14.0. The van der Waals surface area contributed by atoms with Gasteiger partial charge in [0.05, 0.1) is 21.6 Å². The van der Waals surface area contributed by atoms with Gasteiger partial charge >= 0.3 is 0 Å². The minimum absolute atomic E-state index is 0.0662. The van der Waals surface area contributed by atoms with Crippen molar-refractivity contribution in [3.63, 3.8) is 0 Å². The Kier molecular flexibility index (Phi) is 4.16. The first-order valence-corrected chi connectivity index (χ1v) is 6.83. The fraction of sp³-hybridized carbons (Fsp3) is 0.273. The van der Waals surface area contributed by atoms with Crippen LogP contribution in [0.2, 0.25) is 5.02 Å². The SMILES string of the molecule is CCC(Br)c1cn(-c2cc(Cl)ccc2[N+](=O)[O-])nn1. The minimum Gasteiger partial charge on any atom is -0.258 e. The Hall–Kier alpha value is -1.47. The van der Waals surface area contributed by atoms with Crippen molar-refractivity contribution in [1.29, 1.82) is 0 Å². The van der Waals surface area contributed by atoms with Gasteiger partial charge in [-0.3, -0.25) is 10.1 Å². The molecule has 0 aliphatic rings. The fourth-order valence-corrected chi connectivity index (χ4v) is 1.96. The van der Waals surface area contributed by atoms with Gasteiger partial charge in [0.1, 0.15) is 5.69 Å². The molecule has 0 saturated carbocycles. The van der Waals surface area contributed by atoms with Gasteiger partial charge in [0, 0.05) is 11.1 Å². The second kappa shape index (κ2) is 5.66. The quantitative estimate of drug-likeness (QED) is 0.481. The third kappa shape index (κ3) is 2.93. The predicted octanol–water partition coefficient (Wildman–Crippen LogP) is 3.67. The number of benzene rings is 1. The summed E-state index contributed by atoms with van der Waals surface area (Å²) >= 11 is 9.33. The molecular weight excluding hydrogens is 336 g/mol. The largest absolute Gasteiger partial charge is 0.295 e. The summed E-state index contributed by atoms with van der Waals surface area (Å²) in [5.74, 6) is 0. The Balaban J connectivity index is 2.49. The van der Waals surface area contributed by atoms with E-state index in [1.165, 1.54) is 22.9 Å². The van der Waals surface area contributed by atoms with Crippen LogP contribution in [0.5, 0.6) is 0 Å². The van der Waals surface area contributed by atoms with Crippen LogP contribution in [0.4, 0.5) is 5.69 Å². The minimum atomic E-state index is -0.474. The van der Waals surface area contributed by atoms with E-state index < -0.39 is 4.92 Å². The molecule has 8 heteroatoms. The summed E-state index contributed by atoms with van der Waals surface area (Å²) in [6, 6.07) is 4.32. The van der Waals surface area contributed by atoms with E-state index in [2.05, 4.69) is 26.2 Å². The molecule has 0 saturated heterocycles. The lowest BCUT2D eigenvalue weighted by Gasteiger charge is -2.02. The van der Waals surface area contributed by atoms with Crippen molar-refractivity contribution < 1.29 is 4.92 Å². The standard InChI is InChI=1S/C11H10BrClN4O2/c1-2-8(12)9-6-16(15-14-9)11-5-7(13)3-4-10(11)17(18)19/h3-6,8H,2H2,1H3. The average molecular weight is 346 g/mol. The molecule has 1 aromatic heterocycles. The van der Waals surface area contributed by atoms with Gasteiger partial charge < -0.3 is 0 Å². The number of halogens is 2. The van der Waals surface area contributed by atoms with Crippen LogP contribution in [-0.2, 0) is 0 Å². The van der Waals surface area contributed by atoms with Crippen LogP contribution in [-0.4, -0.2) is 19.9 Å². The number of hydrogen-bond acceptors (Lipinski definition) is 4. The molecule has 6 nitrogen and oxygen atoms in total. The van der Waals surface area contributed by atoms with Crippen molar-refractivity contribution in [1.82, 2.24) is 15.0 Å². The Morgan fingerprint density at radius 1 is 1.58 bits per heavy atom. The van der Waals surface area contributed by atoms with Crippen molar-refractivity contribution in [3.8, 4) is 5.69 Å². The van der Waals surface area contributed by atoms with E-state index in [4.69, 9.17) is 11.6 Å². The van der Waals surface area contributed by atoms with Gasteiger partial charge in [-0.15, -0.1) is 5.10 Å². The number of nitro groups is 1. The highest BCUT2D eigenvalue weighted by Crippen LogP contribution is 2.28. The molecule has 19 heavy (non-hydrogen) atoms. The maximum atomic E-state index is 11.0. The summed E-state index contributed by atoms with van der Waals surface area (Å²) in [5.41, 5.74) is 0.951. The summed E-state index contributed by atoms with van der Waals surface area (Å²) < 4.78 is 1.36. The molecule has 100 valence electrons. The van der Waals surface area contributed by atoms with Crippen molar-refractivity contribution in [2.45, 2.75) is 18.2 Å². The van der Waals surface area contributed by atoms with Crippen LogP contribution in [0.15, 0.2) is 24.4 Å². The van der Waals surface area contributed by atoms with E-state index in [0.717, 1.165) is 12.1 Å². The van der Waals surface area contributed by atoms with Crippen LogP contribution >= 0.6 is 27.5 Å². The van der Waals surface area contributed by atoms with E-state index in [0.29, 0.717) is 10.7 Å². The van der Waals surface area contributed by atoms with Gasteiger partial charge in [-0.1, -0.05) is 39.7 Å². The maximum Gasteiger partial charge on any atom is 0.295 e. The average Bonchev–Trinajstić information content (AvgIpc) is 2.86. The molecule has 2 rings (SSSR count). The molecule has 2 aromatic rings. The number of nitrogens with zero attached hydrogens (tertiary/aromatic N) is 4. The lowest BCUT2D eigenvalue weighted by molar-refractivity contribution is -0.384.